The number of nitrogens with zero attached hydrogens (tertiary/aromatic N) is 4. The second-order valence-electron chi connectivity index (χ2n) is 8.84. The highest BCUT2D eigenvalue weighted by atomic mass is 19.4. The smallest absolute Gasteiger partial charge is 0.383 e. The van der Waals surface area contributed by atoms with E-state index in [4.69, 9.17) is 10.3 Å². The minimum Gasteiger partial charge on any atom is -0.383 e. The highest BCUT2D eigenvalue weighted by Gasteiger charge is 2.42. The molecule has 0 bridgehead atoms. The van der Waals surface area contributed by atoms with Gasteiger partial charge in [0.15, 0.2) is 0 Å². The number of allylic oxidation sites excluding steroid dienone is 1. The van der Waals surface area contributed by atoms with Crippen molar-refractivity contribution in [2.24, 2.45) is 0 Å². The van der Waals surface area contributed by atoms with Crippen molar-refractivity contribution in [1.82, 2.24) is 14.9 Å². The maximum absolute atomic E-state index is 12.5. The zero-order valence-electron chi connectivity index (χ0n) is 18.9. The number of anilines is 2. The van der Waals surface area contributed by atoms with Gasteiger partial charge in [0.05, 0.1) is 17.7 Å². The first-order valence-corrected chi connectivity index (χ1v) is 10.9. The highest BCUT2D eigenvalue weighted by molar-refractivity contribution is 5.91. The average Bonchev–Trinajstić information content (AvgIpc) is 3.23. The lowest BCUT2D eigenvalue weighted by atomic mass is 10.0. The first-order chi connectivity index (χ1) is 16.5. The molecule has 0 spiro atoms. The van der Waals surface area contributed by atoms with Crippen LogP contribution in [0.3, 0.4) is 0 Å². The molecule has 182 valence electrons. The lowest BCUT2D eigenvalue weighted by Crippen LogP contribution is -2.16. The van der Waals surface area contributed by atoms with Gasteiger partial charge < -0.3 is 10.3 Å². The van der Waals surface area contributed by atoms with Gasteiger partial charge in [-0.1, -0.05) is 36.0 Å². The van der Waals surface area contributed by atoms with Crippen LogP contribution in [0.1, 0.15) is 43.0 Å². The van der Waals surface area contributed by atoms with Crippen LogP contribution in [-0.2, 0) is 23.2 Å². The van der Waals surface area contributed by atoms with Gasteiger partial charge in [-0.15, -0.1) is 0 Å². The Bertz CT molecular complexity index is 1310. The molecule has 2 aromatic heterocycles. The van der Waals surface area contributed by atoms with Crippen molar-refractivity contribution in [2.75, 3.05) is 11.1 Å². The van der Waals surface area contributed by atoms with E-state index in [-0.39, 0.29) is 42.3 Å². The molecule has 2 heterocycles. The van der Waals surface area contributed by atoms with Gasteiger partial charge in [-0.05, 0) is 38.2 Å². The van der Waals surface area contributed by atoms with Crippen LogP contribution in [0.15, 0.2) is 47.0 Å². The quantitative estimate of drug-likeness (QED) is 0.446. The highest BCUT2D eigenvalue weighted by Crippen LogP contribution is 2.45. The number of amides is 1. The number of halogens is 3. The SMILES string of the molecule is C=C(CCc1cc(NC(=O)Cc2ccc(-c3nn(C4(C)CC4)c(N)c3C#N)cc2)on1)C(F)(F)F. The number of alkyl halides is 3. The molecular weight excluding hydrogens is 461 g/mol. The minimum absolute atomic E-state index is 0.0106. The van der Waals surface area contributed by atoms with E-state index in [9.17, 15) is 23.2 Å². The molecule has 0 unspecified atom stereocenters. The standard InChI is InChI=1S/C24H23F3N6O2/c1-14(24(25,26)27)3-8-17-12-20(35-32-17)30-19(34)11-15-4-6-16(7-5-15)21-18(13-28)22(29)33(31-21)23(2)9-10-23/h4-7,12H,1,3,8-11,29H2,2H3,(H,30,34). The number of nitrogen functional groups attached to an aromatic ring is 1. The van der Waals surface area contributed by atoms with Crippen LogP contribution in [0.5, 0.6) is 0 Å². The predicted octanol–water partition coefficient (Wildman–Crippen LogP) is 4.73. The van der Waals surface area contributed by atoms with E-state index in [1.165, 1.54) is 6.07 Å². The number of aromatic nitrogens is 3. The Balaban J connectivity index is 1.37. The fraction of sp³-hybridized carbons (Fsp3) is 0.333. The van der Waals surface area contributed by atoms with Crippen molar-refractivity contribution in [3.05, 3.63) is 59.3 Å². The van der Waals surface area contributed by atoms with E-state index in [1.54, 1.807) is 28.9 Å². The number of nitrogens with two attached hydrogens (primary N) is 1. The van der Waals surface area contributed by atoms with Crippen molar-refractivity contribution >= 4 is 17.6 Å². The normalized spacial score (nSPS) is 14.4. The van der Waals surface area contributed by atoms with Crippen LogP contribution in [0.2, 0.25) is 0 Å². The van der Waals surface area contributed by atoms with Crippen molar-refractivity contribution < 1.29 is 22.5 Å². The van der Waals surface area contributed by atoms with Crippen LogP contribution < -0.4 is 11.1 Å². The van der Waals surface area contributed by atoms with Gasteiger partial charge in [0, 0.05) is 17.2 Å². The predicted molar refractivity (Wildman–Crippen MR) is 122 cm³/mol. The monoisotopic (exact) mass is 484 g/mol. The average molecular weight is 484 g/mol. The number of nitrogens with one attached hydrogen (secondary N) is 1. The summed E-state index contributed by atoms with van der Waals surface area (Å²) in [6, 6.07) is 10.6. The summed E-state index contributed by atoms with van der Waals surface area (Å²) in [7, 11) is 0. The van der Waals surface area contributed by atoms with Gasteiger partial charge in [-0.2, -0.15) is 23.5 Å². The number of rotatable bonds is 8. The van der Waals surface area contributed by atoms with Gasteiger partial charge >= 0.3 is 6.18 Å². The molecule has 8 nitrogen and oxygen atoms in total. The minimum atomic E-state index is -4.45. The third-order valence-corrected chi connectivity index (χ3v) is 6.02. The number of benzene rings is 1. The zero-order valence-corrected chi connectivity index (χ0v) is 18.9. The van der Waals surface area contributed by atoms with Crippen LogP contribution in [0.4, 0.5) is 24.9 Å². The van der Waals surface area contributed by atoms with E-state index >= 15 is 0 Å². The second-order valence-corrected chi connectivity index (χ2v) is 8.84. The Labute approximate surface area is 199 Å². The molecule has 1 aliphatic rings. The van der Waals surface area contributed by atoms with Crippen molar-refractivity contribution in [3.8, 4) is 17.3 Å². The maximum Gasteiger partial charge on any atom is 0.412 e. The van der Waals surface area contributed by atoms with Crippen LogP contribution >= 0.6 is 0 Å². The van der Waals surface area contributed by atoms with E-state index in [2.05, 4.69) is 28.2 Å². The van der Waals surface area contributed by atoms with Gasteiger partial charge in [-0.25, -0.2) is 4.68 Å². The number of carbonyl (C=O) groups is 1. The zero-order chi connectivity index (χ0) is 25.4. The van der Waals surface area contributed by atoms with E-state index < -0.39 is 11.7 Å². The molecule has 0 saturated heterocycles. The third-order valence-electron chi connectivity index (χ3n) is 6.02. The number of hydrogen-bond acceptors (Lipinski definition) is 6. The molecule has 3 N–H and O–H groups in total. The fourth-order valence-corrected chi connectivity index (χ4v) is 3.60. The number of hydrogen-bond donors (Lipinski definition) is 2. The van der Waals surface area contributed by atoms with Crippen molar-refractivity contribution in [2.45, 2.75) is 50.7 Å². The van der Waals surface area contributed by atoms with Gasteiger partial charge in [0.25, 0.3) is 0 Å². The molecule has 1 amide bonds. The van der Waals surface area contributed by atoms with Gasteiger partial charge in [0.2, 0.25) is 11.8 Å². The van der Waals surface area contributed by atoms with Crippen molar-refractivity contribution in [3.63, 3.8) is 0 Å². The topological polar surface area (TPSA) is 123 Å². The Morgan fingerprint density at radius 3 is 2.63 bits per heavy atom. The molecule has 4 rings (SSSR count). The lowest BCUT2D eigenvalue weighted by Gasteiger charge is -2.10. The number of aryl methyl sites for hydroxylation is 1. The van der Waals surface area contributed by atoms with E-state index in [0.717, 1.165) is 12.8 Å². The Kier molecular flexibility index (Phi) is 6.15. The summed E-state index contributed by atoms with van der Waals surface area (Å²) in [5.41, 5.74) is 7.66. The third kappa shape index (κ3) is 5.21. The molecule has 0 radical (unpaired) electrons. The number of nitriles is 1. The largest absolute Gasteiger partial charge is 0.412 e. The van der Waals surface area contributed by atoms with Crippen LogP contribution in [-0.4, -0.2) is 27.0 Å². The molecule has 35 heavy (non-hydrogen) atoms. The summed E-state index contributed by atoms with van der Waals surface area (Å²) >= 11 is 0. The maximum atomic E-state index is 12.5. The number of carbonyl (C=O) groups excluding carboxylic acids is 1. The fourth-order valence-electron chi connectivity index (χ4n) is 3.60. The summed E-state index contributed by atoms with van der Waals surface area (Å²) in [6.07, 6.45) is -2.84. The first kappa shape index (κ1) is 24.1. The van der Waals surface area contributed by atoms with Crippen molar-refractivity contribution in [1.29, 1.82) is 5.26 Å². The van der Waals surface area contributed by atoms with E-state index in [0.29, 0.717) is 28.2 Å². The van der Waals surface area contributed by atoms with E-state index in [1.807, 2.05) is 6.92 Å². The summed E-state index contributed by atoms with van der Waals surface area (Å²) in [5.74, 6) is 0.0145. The molecule has 0 atom stereocenters. The summed E-state index contributed by atoms with van der Waals surface area (Å²) in [5, 5.41) is 20.4. The lowest BCUT2D eigenvalue weighted by molar-refractivity contribution is -0.115. The second kappa shape index (κ2) is 8.94. The van der Waals surface area contributed by atoms with Crippen LogP contribution in [0.25, 0.3) is 11.3 Å². The molecular formula is C24H23F3N6O2. The summed E-state index contributed by atoms with van der Waals surface area (Å²) in [4.78, 5) is 12.4. The molecule has 1 saturated carbocycles. The van der Waals surface area contributed by atoms with Gasteiger partial charge in [0.1, 0.15) is 23.1 Å². The molecule has 3 aromatic rings. The first-order valence-electron chi connectivity index (χ1n) is 10.9. The summed E-state index contributed by atoms with van der Waals surface area (Å²) in [6.45, 7) is 5.06. The molecule has 0 aliphatic heterocycles. The van der Waals surface area contributed by atoms with Crippen LogP contribution in [0, 0.1) is 11.3 Å². The van der Waals surface area contributed by atoms with Gasteiger partial charge in [-0.3, -0.25) is 10.1 Å². The Morgan fingerprint density at radius 2 is 2.03 bits per heavy atom. The Morgan fingerprint density at radius 1 is 1.34 bits per heavy atom. The Hall–Kier alpha value is -4.07. The molecule has 1 fully saturated rings. The molecule has 11 heteroatoms. The summed E-state index contributed by atoms with van der Waals surface area (Å²) < 4.78 is 44.3. The molecule has 1 aliphatic carbocycles. The molecule has 1 aromatic carbocycles.